The maximum absolute atomic E-state index is 12.5. The predicted octanol–water partition coefficient (Wildman–Crippen LogP) is 4.66. The topological polar surface area (TPSA) is 66.1 Å². The lowest BCUT2D eigenvalue weighted by molar-refractivity contribution is -0.137. The Kier molecular flexibility index (Phi) is 5.12. The molecule has 0 saturated heterocycles. The molecule has 1 unspecified atom stereocenters. The van der Waals surface area contributed by atoms with Gasteiger partial charge in [0.1, 0.15) is 16.9 Å². The van der Waals surface area contributed by atoms with Gasteiger partial charge in [0.25, 0.3) is 0 Å². The second-order valence-corrected chi connectivity index (χ2v) is 5.13. The number of alkyl halides is 3. The zero-order valence-corrected chi connectivity index (χ0v) is 12.8. The normalized spacial score (nSPS) is 12.3. The van der Waals surface area contributed by atoms with Crippen molar-refractivity contribution in [1.29, 1.82) is 5.26 Å². The van der Waals surface area contributed by atoms with E-state index < -0.39 is 17.8 Å². The van der Waals surface area contributed by atoms with E-state index in [9.17, 15) is 18.3 Å². The Labute approximate surface area is 140 Å². The van der Waals surface area contributed by atoms with Crippen LogP contribution in [0.25, 0.3) is 0 Å². The molecule has 1 aromatic carbocycles. The van der Waals surface area contributed by atoms with E-state index in [-0.39, 0.29) is 22.2 Å². The van der Waals surface area contributed by atoms with Crippen molar-refractivity contribution in [3.05, 3.63) is 64.8 Å². The minimum Gasteiger partial charge on any atom is -0.438 e. The van der Waals surface area contributed by atoms with Crippen LogP contribution in [0.4, 0.5) is 13.2 Å². The third-order valence-electron chi connectivity index (χ3n) is 3.02. The lowest BCUT2D eigenvalue weighted by Crippen LogP contribution is -2.05. The number of nitriles is 1. The van der Waals surface area contributed by atoms with E-state index >= 15 is 0 Å². The van der Waals surface area contributed by atoms with Gasteiger partial charge >= 0.3 is 6.18 Å². The van der Waals surface area contributed by atoms with Gasteiger partial charge < -0.3 is 9.84 Å². The monoisotopic (exact) mass is 354 g/mol. The highest BCUT2D eigenvalue weighted by Gasteiger charge is 2.31. The van der Waals surface area contributed by atoms with Crippen molar-refractivity contribution in [2.45, 2.75) is 12.3 Å². The Morgan fingerprint density at radius 1 is 1.33 bits per heavy atom. The van der Waals surface area contributed by atoms with Crippen LogP contribution in [0.1, 0.15) is 17.2 Å². The third kappa shape index (κ3) is 4.04. The number of pyridine rings is 1. The van der Waals surface area contributed by atoms with Crippen LogP contribution in [0.15, 0.2) is 48.7 Å². The average Bonchev–Trinajstić information content (AvgIpc) is 2.55. The molecule has 124 valence electrons. The molecule has 0 aliphatic heterocycles. The fraction of sp³-hybridized carbons (Fsp3) is 0.125. The van der Waals surface area contributed by atoms with Gasteiger partial charge in [-0.1, -0.05) is 30.3 Å². The van der Waals surface area contributed by atoms with Gasteiger partial charge in [0, 0.05) is 6.20 Å². The van der Waals surface area contributed by atoms with Gasteiger partial charge in [0.2, 0.25) is 5.88 Å². The summed E-state index contributed by atoms with van der Waals surface area (Å²) in [5.41, 5.74) is -0.579. The van der Waals surface area contributed by atoms with Gasteiger partial charge in [-0.2, -0.15) is 18.4 Å². The number of halogens is 4. The van der Waals surface area contributed by atoms with Crippen LogP contribution in [-0.4, -0.2) is 10.1 Å². The highest BCUT2D eigenvalue weighted by molar-refractivity contribution is 6.31. The van der Waals surface area contributed by atoms with Gasteiger partial charge in [0.05, 0.1) is 17.2 Å². The van der Waals surface area contributed by atoms with Crippen molar-refractivity contribution >= 4 is 11.6 Å². The van der Waals surface area contributed by atoms with E-state index in [1.165, 1.54) is 24.3 Å². The molecule has 4 nitrogen and oxygen atoms in total. The molecule has 1 atom stereocenters. The first-order valence-corrected chi connectivity index (χ1v) is 6.87. The number of aliphatic hydroxyl groups excluding tert-OH is 1. The molecule has 0 fully saturated rings. The fourth-order valence-corrected chi connectivity index (χ4v) is 1.95. The van der Waals surface area contributed by atoms with Crippen LogP contribution >= 0.6 is 11.6 Å². The molecule has 0 saturated carbocycles. The molecular weight excluding hydrogens is 345 g/mol. The van der Waals surface area contributed by atoms with Crippen molar-refractivity contribution in [3.8, 4) is 17.7 Å². The van der Waals surface area contributed by atoms with Crippen molar-refractivity contribution in [2.24, 2.45) is 0 Å². The van der Waals surface area contributed by atoms with E-state index in [1.54, 1.807) is 6.07 Å². The predicted molar refractivity (Wildman–Crippen MR) is 80.5 cm³/mol. The maximum atomic E-state index is 12.5. The zero-order chi connectivity index (χ0) is 17.9. The number of hydrogen-bond donors (Lipinski definition) is 1. The summed E-state index contributed by atoms with van der Waals surface area (Å²) >= 11 is 5.75. The summed E-state index contributed by atoms with van der Waals surface area (Å²) < 4.78 is 43.0. The molecule has 1 aromatic heterocycles. The number of ether oxygens (including phenoxy) is 1. The molecule has 24 heavy (non-hydrogen) atoms. The van der Waals surface area contributed by atoms with Crippen molar-refractivity contribution in [3.63, 3.8) is 0 Å². The van der Waals surface area contributed by atoms with Crippen LogP contribution in [-0.2, 0) is 6.18 Å². The zero-order valence-electron chi connectivity index (χ0n) is 12.0. The molecule has 0 aliphatic rings. The van der Waals surface area contributed by atoms with Gasteiger partial charge in [0.15, 0.2) is 0 Å². The van der Waals surface area contributed by atoms with Crippen LogP contribution < -0.4 is 4.74 Å². The van der Waals surface area contributed by atoms with Crippen molar-refractivity contribution in [2.75, 3.05) is 0 Å². The van der Waals surface area contributed by atoms with E-state index in [0.29, 0.717) is 11.8 Å². The molecule has 0 radical (unpaired) electrons. The van der Waals surface area contributed by atoms with E-state index in [4.69, 9.17) is 21.6 Å². The van der Waals surface area contributed by atoms with Crippen molar-refractivity contribution in [1.82, 2.24) is 4.98 Å². The molecule has 2 aromatic rings. The molecule has 0 amide bonds. The number of aromatic nitrogens is 1. The van der Waals surface area contributed by atoms with E-state index in [0.717, 1.165) is 6.07 Å². The van der Waals surface area contributed by atoms with Crippen LogP contribution in [0.5, 0.6) is 11.6 Å². The Bertz CT molecular complexity index is 798. The SMILES string of the molecule is C=C(C#N)C(O)c1ccc(Oc2ncc(C(F)(F)F)cc2Cl)cc1. The van der Waals surface area contributed by atoms with E-state index in [2.05, 4.69) is 11.6 Å². The molecule has 8 heteroatoms. The number of nitrogens with zero attached hydrogens (tertiary/aromatic N) is 2. The molecular formula is C16H10ClF3N2O2. The first kappa shape index (κ1) is 17.8. The largest absolute Gasteiger partial charge is 0.438 e. The van der Waals surface area contributed by atoms with Gasteiger partial charge in [-0.15, -0.1) is 0 Å². The summed E-state index contributed by atoms with van der Waals surface area (Å²) in [5, 5.41) is 18.2. The molecule has 0 aliphatic carbocycles. The summed E-state index contributed by atoms with van der Waals surface area (Å²) in [6.45, 7) is 3.42. The second kappa shape index (κ2) is 6.91. The van der Waals surface area contributed by atoms with E-state index in [1.807, 2.05) is 0 Å². The summed E-state index contributed by atoms with van der Waals surface area (Å²) in [6.07, 6.45) is -5.07. The van der Waals surface area contributed by atoms with Crippen molar-refractivity contribution < 1.29 is 23.0 Å². The highest BCUT2D eigenvalue weighted by Crippen LogP contribution is 2.34. The number of benzene rings is 1. The molecule has 0 bridgehead atoms. The van der Waals surface area contributed by atoms with Gasteiger partial charge in [-0.3, -0.25) is 0 Å². The molecule has 1 N–H and O–H groups in total. The summed E-state index contributed by atoms with van der Waals surface area (Å²) in [4.78, 5) is 3.56. The second-order valence-electron chi connectivity index (χ2n) is 4.72. The standard InChI is InChI=1S/C16H10ClF3N2O2/c1-9(7-21)14(23)10-2-4-12(5-3-10)24-15-13(17)6-11(8-22-15)16(18,19)20/h2-6,8,14,23H,1H2. The lowest BCUT2D eigenvalue weighted by Gasteiger charge is -2.12. The molecule has 2 rings (SSSR count). The number of rotatable bonds is 4. The van der Waals surface area contributed by atoms with Gasteiger partial charge in [-0.05, 0) is 23.8 Å². The minimum atomic E-state index is -4.55. The Balaban J connectivity index is 2.18. The first-order valence-electron chi connectivity index (χ1n) is 6.50. The highest BCUT2D eigenvalue weighted by atomic mass is 35.5. The molecule has 1 heterocycles. The summed E-state index contributed by atoms with van der Waals surface area (Å²) in [6, 6.07) is 8.36. The third-order valence-corrected chi connectivity index (χ3v) is 3.29. The summed E-state index contributed by atoms with van der Waals surface area (Å²) in [7, 11) is 0. The minimum absolute atomic E-state index is 0.0175. The Hall–Kier alpha value is -2.56. The lowest BCUT2D eigenvalue weighted by atomic mass is 10.0. The van der Waals surface area contributed by atoms with Crippen LogP contribution in [0, 0.1) is 11.3 Å². The fourth-order valence-electron chi connectivity index (χ4n) is 1.75. The summed E-state index contributed by atoms with van der Waals surface area (Å²) in [5.74, 6) is 0.0714. The average molecular weight is 355 g/mol. The first-order chi connectivity index (χ1) is 11.2. The smallest absolute Gasteiger partial charge is 0.417 e. The van der Waals surface area contributed by atoms with Crippen LogP contribution in [0.3, 0.4) is 0 Å². The maximum Gasteiger partial charge on any atom is 0.417 e. The number of hydrogen-bond acceptors (Lipinski definition) is 4. The van der Waals surface area contributed by atoms with Gasteiger partial charge in [-0.25, -0.2) is 4.98 Å². The molecule has 0 spiro atoms. The Morgan fingerprint density at radius 3 is 2.46 bits per heavy atom. The Morgan fingerprint density at radius 2 is 1.96 bits per heavy atom. The quantitative estimate of drug-likeness (QED) is 0.811. The van der Waals surface area contributed by atoms with Crippen LogP contribution in [0.2, 0.25) is 5.02 Å². The number of aliphatic hydroxyl groups is 1.